The van der Waals surface area contributed by atoms with Crippen LogP contribution in [0.1, 0.15) is 44.9 Å². The molecular formula is C34H40F2N8O10. The zero-order valence-electron chi connectivity index (χ0n) is 30.0. The van der Waals surface area contributed by atoms with Crippen LogP contribution in [0.5, 0.6) is 11.5 Å². The minimum atomic E-state index is -1.47. The molecule has 2 aromatic carbocycles. The number of anilines is 1. The van der Waals surface area contributed by atoms with Gasteiger partial charge in [-0.15, -0.1) is 0 Å². The summed E-state index contributed by atoms with van der Waals surface area (Å²) >= 11 is 0. The summed E-state index contributed by atoms with van der Waals surface area (Å²) in [6, 6.07) is 8.27. The topological polar surface area (TPSA) is 240 Å². The second-order valence-corrected chi connectivity index (χ2v) is 11.2. The van der Waals surface area contributed by atoms with Crippen molar-refractivity contribution in [3.8, 4) is 11.5 Å². The summed E-state index contributed by atoms with van der Waals surface area (Å²) in [5, 5.41) is 13.5. The Labute approximate surface area is 308 Å². The highest BCUT2D eigenvalue weighted by Gasteiger charge is 2.27. The van der Waals surface area contributed by atoms with Crippen LogP contribution in [-0.2, 0) is 28.5 Å². The molecule has 18 nitrogen and oxygen atoms in total. The lowest BCUT2D eigenvalue weighted by Gasteiger charge is -2.23. The van der Waals surface area contributed by atoms with Gasteiger partial charge in [-0.1, -0.05) is 0 Å². The predicted octanol–water partition coefficient (Wildman–Crippen LogP) is 4.71. The van der Waals surface area contributed by atoms with E-state index < -0.39 is 55.2 Å². The Balaban J connectivity index is 2.05. The summed E-state index contributed by atoms with van der Waals surface area (Å²) < 4.78 is 65.3. The molecule has 5 N–H and O–H groups in total. The Morgan fingerprint density at radius 1 is 1.04 bits per heavy atom. The number of hydrogen-bond acceptors (Lipinski definition) is 15. The first kappa shape index (κ1) is 41.8. The number of carbonyl (C=O) groups is 3. The molecule has 0 bridgehead atoms. The van der Waals surface area contributed by atoms with Crippen LogP contribution in [0.15, 0.2) is 64.8 Å². The van der Waals surface area contributed by atoms with Crippen LogP contribution in [0.25, 0.3) is 0 Å². The standard InChI is InChI=1S/C34H40F2N8O10/c1-6-49-32(46)43-28(37)21-8-10-22(11-9-21)41-27(24-16-23(48-5)17-25(26(24)36)51-15-14-50-20(2)45)29(38)42-31(44-30-39-12-7-13-40-30)52-19-53-33(47)54-34(3,4)18-35/h7-13,16-17,27,41H,6,14-15,18-19H2,1-5H3,(H2,37,43,46)(H2,38,39,40,42,44)/t27-/m1/s1. The summed E-state index contributed by atoms with van der Waals surface area (Å²) in [6.45, 7) is 3.43. The molecule has 0 saturated carbocycles. The number of alkyl halides is 1. The number of carbonyl (C=O) groups excluding carboxylic acids is 3. The molecule has 290 valence electrons. The average molecular weight is 759 g/mol. The lowest BCUT2D eigenvalue weighted by Crippen LogP contribution is -2.32. The molecule has 1 amide bonds. The summed E-state index contributed by atoms with van der Waals surface area (Å²) in [7, 11) is 1.34. The minimum absolute atomic E-state index is 0.111. The van der Waals surface area contributed by atoms with Gasteiger partial charge < -0.3 is 44.2 Å². The number of ether oxygens (including phenoxy) is 7. The zero-order chi connectivity index (χ0) is 39.7. The van der Waals surface area contributed by atoms with E-state index in [9.17, 15) is 18.8 Å². The first-order chi connectivity index (χ1) is 25.7. The normalized spacial score (nSPS) is 12.1. The minimum Gasteiger partial charge on any atom is -0.497 e. The lowest BCUT2D eigenvalue weighted by molar-refractivity contribution is -0.141. The first-order valence-electron chi connectivity index (χ1n) is 16.0. The maximum atomic E-state index is 16.3. The second-order valence-electron chi connectivity index (χ2n) is 11.2. The highest BCUT2D eigenvalue weighted by atomic mass is 19.1. The van der Waals surface area contributed by atoms with Gasteiger partial charge in [0.25, 0.3) is 5.95 Å². The molecule has 0 radical (unpaired) electrons. The van der Waals surface area contributed by atoms with Gasteiger partial charge in [0.15, 0.2) is 11.6 Å². The van der Waals surface area contributed by atoms with E-state index in [4.69, 9.17) is 44.3 Å². The van der Waals surface area contributed by atoms with Crippen molar-refractivity contribution in [3.05, 3.63) is 71.8 Å². The number of aromatic nitrogens is 2. The van der Waals surface area contributed by atoms with Crippen molar-refractivity contribution < 1.29 is 56.3 Å². The molecule has 0 fully saturated rings. The third-order valence-corrected chi connectivity index (χ3v) is 6.54. The maximum Gasteiger partial charge on any atom is 0.511 e. The Bertz CT molecular complexity index is 1810. The fourth-order valence-corrected chi connectivity index (χ4v) is 4.03. The smallest absolute Gasteiger partial charge is 0.497 e. The van der Waals surface area contributed by atoms with Crippen molar-refractivity contribution >= 4 is 47.5 Å². The quantitative estimate of drug-likeness (QED) is 0.0386. The largest absolute Gasteiger partial charge is 0.511 e. The number of benzene rings is 2. The van der Waals surface area contributed by atoms with Crippen LogP contribution >= 0.6 is 0 Å². The van der Waals surface area contributed by atoms with Crippen LogP contribution in [0.4, 0.5) is 30.0 Å². The average Bonchev–Trinajstić information content (AvgIpc) is 3.13. The summed E-state index contributed by atoms with van der Waals surface area (Å²) in [5.74, 6) is -2.34. The SMILES string of the molecule is CCOC(=O)NC(=N)c1ccc(N[C@@H](C(N)=NC(=Nc2ncccn2)OCOC(=O)OC(C)(C)CF)c2cc(OC)cc(OCCOC(C)=O)c2F)cc1. The highest BCUT2D eigenvalue weighted by molar-refractivity contribution is 6.04. The number of aliphatic imine (C=N–C) groups is 2. The van der Waals surface area contributed by atoms with E-state index in [-0.39, 0.29) is 54.5 Å². The van der Waals surface area contributed by atoms with E-state index in [1.54, 1.807) is 6.92 Å². The lowest BCUT2D eigenvalue weighted by atomic mass is 10.0. The van der Waals surface area contributed by atoms with Gasteiger partial charge in [-0.05, 0) is 57.2 Å². The van der Waals surface area contributed by atoms with Gasteiger partial charge in [0, 0.05) is 42.2 Å². The van der Waals surface area contributed by atoms with Gasteiger partial charge in [-0.3, -0.25) is 15.5 Å². The number of amidine groups is 3. The number of nitrogens with zero attached hydrogens (tertiary/aromatic N) is 4. The maximum absolute atomic E-state index is 16.3. The first-order valence-corrected chi connectivity index (χ1v) is 16.0. The monoisotopic (exact) mass is 758 g/mol. The molecular weight excluding hydrogens is 718 g/mol. The summed E-state index contributed by atoms with van der Waals surface area (Å²) in [4.78, 5) is 51.5. The van der Waals surface area contributed by atoms with Gasteiger partial charge >= 0.3 is 24.2 Å². The number of methoxy groups -OCH3 is 1. The number of nitrogens with two attached hydrogens (primary N) is 1. The van der Waals surface area contributed by atoms with Crippen molar-refractivity contribution in [1.82, 2.24) is 15.3 Å². The van der Waals surface area contributed by atoms with Crippen molar-refractivity contribution in [2.75, 3.05) is 45.7 Å². The third-order valence-electron chi connectivity index (χ3n) is 6.54. The number of alkyl carbamates (subject to hydrolysis) is 1. The summed E-state index contributed by atoms with van der Waals surface area (Å²) in [6.07, 6.45) is 0.708. The molecule has 3 aromatic rings. The molecule has 1 atom stereocenters. The second kappa shape index (κ2) is 20.4. The summed E-state index contributed by atoms with van der Waals surface area (Å²) in [5.41, 5.74) is 5.55. The van der Waals surface area contributed by atoms with Crippen LogP contribution in [0, 0.1) is 11.2 Å². The fourth-order valence-electron chi connectivity index (χ4n) is 4.03. The van der Waals surface area contributed by atoms with Gasteiger partial charge in [0.1, 0.15) is 49.0 Å². The third kappa shape index (κ3) is 13.5. The molecule has 0 spiro atoms. The molecule has 0 aliphatic rings. The fraction of sp³-hybridized carbons (Fsp3) is 0.353. The molecule has 0 unspecified atom stereocenters. The molecule has 1 aromatic heterocycles. The van der Waals surface area contributed by atoms with E-state index in [0.29, 0.717) is 11.3 Å². The van der Waals surface area contributed by atoms with Crippen LogP contribution in [0.2, 0.25) is 0 Å². The molecule has 3 rings (SSSR count). The van der Waals surface area contributed by atoms with Crippen molar-refractivity contribution in [1.29, 1.82) is 5.41 Å². The van der Waals surface area contributed by atoms with Crippen LogP contribution in [-0.4, -0.2) is 91.9 Å². The number of hydrogen-bond donors (Lipinski definition) is 4. The Hall–Kier alpha value is -6.60. The van der Waals surface area contributed by atoms with E-state index in [1.807, 2.05) is 0 Å². The molecule has 0 aliphatic carbocycles. The molecule has 1 heterocycles. The molecule has 0 aliphatic heterocycles. The predicted molar refractivity (Wildman–Crippen MR) is 189 cm³/mol. The van der Waals surface area contributed by atoms with E-state index in [1.165, 1.54) is 82.7 Å². The highest BCUT2D eigenvalue weighted by Crippen LogP contribution is 2.33. The van der Waals surface area contributed by atoms with Crippen molar-refractivity contribution in [2.45, 2.75) is 39.3 Å². The molecule has 54 heavy (non-hydrogen) atoms. The van der Waals surface area contributed by atoms with E-state index in [0.717, 1.165) is 0 Å². The Morgan fingerprint density at radius 2 is 1.74 bits per heavy atom. The molecule has 0 saturated heterocycles. The Morgan fingerprint density at radius 3 is 2.37 bits per heavy atom. The van der Waals surface area contributed by atoms with E-state index >= 15 is 4.39 Å². The van der Waals surface area contributed by atoms with Gasteiger partial charge in [-0.2, -0.15) is 9.98 Å². The number of nitrogens with one attached hydrogen (secondary N) is 3. The number of rotatable bonds is 16. The molecule has 20 heteroatoms. The number of halogens is 2. The van der Waals surface area contributed by atoms with Crippen molar-refractivity contribution in [3.63, 3.8) is 0 Å². The van der Waals surface area contributed by atoms with E-state index in [2.05, 4.69) is 30.6 Å². The van der Waals surface area contributed by atoms with Gasteiger partial charge in [-0.25, -0.2) is 28.3 Å². The van der Waals surface area contributed by atoms with Crippen LogP contribution in [0.3, 0.4) is 0 Å². The van der Waals surface area contributed by atoms with Gasteiger partial charge in [0.2, 0.25) is 6.79 Å². The van der Waals surface area contributed by atoms with Crippen LogP contribution < -0.4 is 25.8 Å². The number of esters is 1. The number of amides is 1. The zero-order valence-corrected chi connectivity index (χ0v) is 30.0. The Kier molecular flexibility index (Phi) is 15.8. The van der Waals surface area contributed by atoms with Crippen molar-refractivity contribution in [2.24, 2.45) is 15.7 Å². The van der Waals surface area contributed by atoms with Gasteiger partial charge in [0.05, 0.1) is 13.7 Å².